The maximum absolute atomic E-state index is 16.1. The van der Waals surface area contributed by atoms with E-state index in [2.05, 4.69) is 10.3 Å². The first-order chi connectivity index (χ1) is 27.7. The number of aromatic hydroxyl groups is 1. The molecule has 0 radical (unpaired) electrons. The molecule has 2 aliphatic rings. The molecule has 15 heteroatoms. The van der Waals surface area contributed by atoms with Crippen LogP contribution < -0.4 is 15.5 Å². The van der Waals surface area contributed by atoms with E-state index in [0.29, 0.717) is 0 Å². The lowest BCUT2D eigenvalue weighted by molar-refractivity contribution is -0.112. The summed E-state index contributed by atoms with van der Waals surface area (Å²) in [4.78, 5) is 47.0. The number of nitrogens with one attached hydrogen (secondary N) is 1. The summed E-state index contributed by atoms with van der Waals surface area (Å²) < 4.78 is 55.2. The molecular weight excluding hydrogens is 770 g/mol. The van der Waals surface area contributed by atoms with Crippen molar-refractivity contribution in [1.29, 1.82) is 0 Å². The molecule has 59 heavy (non-hydrogen) atoms. The van der Waals surface area contributed by atoms with Gasteiger partial charge in [-0.25, -0.2) is 13.8 Å². The quantitative estimate of drug-likeness (QED) is 0.0804. The number of phenols is 1. The first-order valence-corrected chi connectivity index (χ1v) is 19.5. The molecule has 5 N–H and O–H groups in total. The highest BCUT2D eigenvalue weighted by molar-refractivity contribution is 6.26. The highest BCUT2D eigenvalue weighted by Gasteiger charge is 2.49. The van der Waals surface area contributed by atoms with Gasteiger partial charge in [0.2, 0.25) is 0 Å². The molecule has 0 spiro atoms. The van der Waals surface area contributed by atoms with Crippen molar-refractivity contribution in [1.82, 2.24) is 4.98 Å². The number of anilines is 1. The van der Waals surface area contributed by atoms with Crippen LogP contribution in [0.5, 0.6) is 11.5 Å². The number of aromatic nitrogens is 1. The number of methoxy groups -OCH3 is 1. The Kier molecular flexibility index (Phi) is 11.8. The third kappa shape index (κ3) is 7.27. The van der Waals surface area contributed by atoms with Gasteiger partial charge in [0.05, 0.1) is 41.6 Å². The van der Waals surface area contributed by atoms with Gasteiger partial charge in [0.1, 0.15) is 28.3 Å². The highest BCUT2D eigenvalue weighted by Crippen LogP contribution is 2.49. The third-order valence-electron chi connectivity index (χ3n) is 11.9. The molecule has 3 heterocycles. The normalized spacial score (nSPS) is 30.4. The zero-order valence-corrected chi connectivity index (χ0v) is 34.5. The zero-order valence-electron chi connectivity index (χ0n) is 34.5. The van der Waals surface area contributed by atoms with Crippen molar-refractivity contribution in [2.45, 2.75) is 98.4 Å². The number of halogens is 2. The van der Waals surface area contributed by atoms with Crippen molar-refractivity contribution in [3.8, 4) is 11.5 Å². The Labute approximate surface area is 339 Å². The van der Waals surface area contributed by atoms with Gasteiger partial charge in [-0.3, -0.25) is 14.4 Å². The molecule has 3 aromatic carbocycles. The SMILES string of the molecule is CO[C@H]1/C=C/O[C@@]2(C)Oc3c(C)c(=O)c4c(O)c(c5oc6c(F)c(C(C)C)c(F)cc6nc5c4c3C2=O)NC(=O)/C(C)=C\C=C\[C@H](C)[C@H](O)[C@@H](C)[C@@H](O)[C@@H](C)[C@H](O)[C@@H]1C. The lowest BCUT2D eigenvalue weighted by Gasteiger charge is -2.36. The van der Waals surface area contributed by atoms with Crippen molar-refractivity contribution in [2.24, 2.45) is 23.7 Å². The van der Waals surface area contributed by atoms with E-state index in [9.17, 15) is 34.8 Å². The van der Waals surface area contributed by atoms with E-state index in [1.807, 2.05) is 0 Å². The maximum Gasteiger partial charge on any atom is 0.312 e. The van der Waals surface area contributed by atoms with Crippen LogP contribution in [0.3, 0.4) is 0 Å². The number of allylic oxidation sites excluding steroid dienone is 2. The second-order valence-corrected chi connectivity index (χ2v) is 16.2. The smallest absolute Gasteiger partial charge is 0.312 e. The number of hydrogen-bond donors (Lipinski definition) is 5. The molecule has 316 valence electrons. The van der Waals surface area contributed by atoms with Crippen molar-refractivity contribution >= 4 is 50.3 Å². The number of benzene rings is 3. The van der Waals surface area contributed by atoms with Crippen LogP contribution >= 0.6 is 0 Å². The Bertz CT molecular complexity index is 2530. The molecule has 0 fully saturated rings. The lowest BCUT2D eigenvalue weighted by Crippen LogP contribution is -2.44. The van der Waals surface area contributed by atoms with Crippen molar-refractivity contribution in [3.05, 3.63) is 80.8 Å². The molecule has 0 saturated heterocycles. The maximum atomic E-state index is 16.1. The number of nitrogens with zero attached hydrogens (tertiary/aromatic N) is 1. The lowest BCUT2D eigenvalue weighted by atomic mass is 9.78. The summed E-state index contributed by atoms with van der Waals surface area (Å²) in [6, 6.07) is 0.957. The predicted octanol–water partition coefficient (Wildman–Crippen LogP) is 6.83. The Hall–Kier alpha value is -5.22. The van der Waals surface area contributed by atoms with E-state index in [4.69, 9.17) is 18.6 Å². The summed E-state index contributed by atoms with van der Waals surface area (Å²) in [7, 11) is 1.40. The summed E-state index contributed by atoms with van der Waals surface area (Å²) in [5, 5.41) is 47.6. The number of aliphatic hydroxyl groups is 3. The molecular formula is C44H50F2N2O11. The number of amides is 1. The summed E-state index contributed by atoms with van der Waals surface area (Å²) >= 11 is 0. The number of ketones is 1. The average molecular weight is 821 g/mol. The molecule has 9 atom stereocenters. The van der Waals surface area contributed by atoms with E-state index in [0.717, 1.165) is 12.3 Å². The van der Waals surface area contributed by atoms with E-state index >= 15 is 8.78 Å². The molecule has 4 bridgehead atoms. The number of carbonyl (C=O) groups is 2. The third-order valence-corrected chi connectivity index (χ3v) is 11.9. The van der Waals surface area contributed by atoms with Crippen LogP contribution in [0.1, 0.15) is 82.8 Å². The van der Waals surface area contributed by atoms with E-state index in [1.165, 1.54) is 46.1 Å². The summed E-state index contributed by atoms with van der Waals surface area (Å²) in [5.41, 5.74) is -3.41. The predicted molar refractivity (Wildman–Crippen MR) is 216 cm³/mol. The second-order valence-electron chi connectivity index (χ2n) is 16.2. The highest BCUT2D eigenvalue weighted by atomic mass is 19.1. The molecule has 2 aliphatic heterocycles. The number of aliphatic hydroxyl groups excluding tert-OH is 3. The zero-order chi connectivity index (χ0) is 43.6. The van der Waals surface area contributed by atoms with Gasteiger partial charge in [0.25, 0.3) is 11.7 Å². The Morgan fingerprint density at radius 2 is 1.58 bits per heavy atom. The molecule has 0 aliphatic carbocycles. The van der Waals surface area contributed by atoms with E-state index in [-0.39, 0.29) is 44.4 Å². The molecule has 13 nitrogen and oxygen atoms in total. The van der Waals surface area contributed by atoms with Crippen molar-refractivity contribution in [3.63, 3.8) is 0 Å². The molecule has 6 rings (SSSR count). The van der Waals surface area contributed by atoms with Gasteiger partial charge in [-0.1, -0.05) is 59.8 Å². The fourth-order valence-corrected chi connectivity index (χ4v) is 8.03. The van der Waals surface area contributed by atoms with Crippen molar-refractivity contribution < 1.29 is 57.4 Å². The average Bonchev–Trinajstić information content (AvgIpc) is 3.45. The van der Waals surface area contributed by atoms with Crippen LogP contribution in [-0.2, 0) is 14.3 Å². The minimum atomic E-state index is -2.12. The fourth-order valence-electron chi connectivity index (χ4n) is 8.03. The van der Waals surface area contributed by atoms with E-state index in [1.54, 1.807) is 47.6 Å². The van der Waals surface area contributed by atoms with Gasteiger partial charge >= 0.3 is 5.79 Å². The summed E-state index contributed by atoms with van der Waals surface area (Å²) in [6.45, 7) is 14.0. The van der Waals surface area contributed by atoms with Gasteiger partial charge in [-0.2, -0.15) is 0 Å². The fraction of sp³-hybridized carbons (Fsp3) is 0.455. The van der Waals surface area contributed by atoms with Gasteiger partial charge in [-0.15, -0.1) is 0 Å². The molecule has 4 aromatic rings. The number of phenolic OH excluding ortho intramolecular Hbond substituents is 1. The minimum absolute atomic E-state index is 0.0812. The second kappa shape index (κ2) is 16.1. The molecule has 1 amide bonds. The monoisotopic (exact) mass is 820 g/mol. The number of rotatable bonds is 2. The minimum Gasteiger partial charge on any atom is -0.505 e. The molecule has 1 aromatic heterocycles. The largest absolute Gasteiger partial charge is 0.505 e. The molecule has 0 saturated carbocycles. The van der Waals surface area contributed by atoms with E-state index < -0.39 is 117 Å². The Morgan fingerprint density at radius 1 is 0.932 bits per heavy atom. The van der Waals surface area contributed by atoms with Crippen LogP contribution in [0.2, 0.25) is 0 Å². The van der Waals surface area contributed by atoms with Gasteiger partial charge in [0, 0.05) is 65.9 Å². The van der Waals surface area contributed by atoms with Crippen LogP contribution in [-0.4, -0.2) is 74.4 Å². The van der Waals surface area contributed by atoms with Gasteiger partial charge in [-0.05, 0) is 25.8 Å². The Balaban J connectivity index is 1.64. The van der Waals surface area contributed by atoms with Crippen LogP contribution in [0, 0.1) is 42.2 Å². The van der Waals surface area contributed by atoms with Crippen LogP contribution in [0.4, 0.5) is 14.5 Å². The number of fused-ring (bicyclic) bond motifs is 2. The first kappa shape index (κ1) is 43.4. The number of carbonyl (C=O) groups excluding carboxylic acids is 2. The number of Topliss-reactive ketones (excluding diaryl/α,β-unsaturated/α-hetero) is 1. The number of hydrogen-bond acceptors (Lipinski definition) is 12. The first-order valence-electron chi connectivity index (χ1n) is 19.5. The summed E-state index contributed by atoms with van der Waals surface area (Å²) in [6.07, 6.45) is 3.01. The van der Waals surface area contributed by atoms with Gasteiger partial charge in [0.15, 0.2) is 28.2 Å². The van der Waals surface area contributed by atoms with Crippen LogP contribution in [0.15, 0.2) is 51.4 Å². The van der Waals surface area contributed by atoms with Gasteiger partial charge < -0.3 is 44.4 Å². The standard InChI is InChI=1S/C44H50F2N2O11/c1-17(2)27-24(45)16-25-40(31(27)46)58-41-32(47-25)28-29-37(52)23(8)39-30(28)42(54)44(9,59-39)57-15-14-26(56-10)20(5)35(50)22(7)36(51)21(6)34(49)18(3)12-11-13-19(4)43(55)48-33(41)38(29)53/h11-18,20-22,26,34-36,49-51,53H,1-10H3,(H,48,55)/b12-11+,15-14+,19-13-/t18-,20+,21+,22-,26-,34-,35+,36+,44-/m0/s1. The summed E-state index contributed by atoms with van der Waals surface area (Å²) in [5.74, 6) is -9.97. The molecule has 0 unspecified atom stereocenters. The van der Waals surface area contributed by atoms with Crippen molar-refractivity contribution in [2.75, 3.05) is 12.4 Å². The van der Waals surface area contributed by atoms with Crippen LogP contribution in [0.25, 0.3) is 33.0 Å². The number of ether oxygens (including phenoxy) is 3. The topological polar surface area (TPSA) is 198 Å². The Morgan fingerprint density at radius 3 is 2.22 bits per heavy atom.